The van der Waals surface area contributed by atoms with E-state index in [2.05, 4.69) is 23.2 Å². The predicted molar refractivity (Wildman–Crippen MR) is 84.4 cm³/mol. The second kappa shape index (κ2) is 5.63. The van der Waals surface area contributed by atoms with E-state index < -0.39 is 0 Å². The number of nitrogens with two attached hydrogens (primary N) is 1. The van der Waals surface area contributed by atoms with Crippen molar-refractivity contribution in [2.75, 3.05) is 11.9 Å². The maximum atomic E-state index is 5.65. The van der Waals surface area contributed by atoms with Crippen LogP contribution in [-0.4, -0.2) is 21.4 Å². The molecule has 0 amide bonds. The number of nitrogens with zero attached hydrogens (tertiary/aromatic N) is 3. The zero-order valence-corrected chi connectivity index (χ0v) is 12.8. The third-order valence-corrected chi connectivity index (χ3v) is 3.79. The Hall–Kier alpha value is -1.53. The van der Waals surface area contributed by atoms with Gasteiger partial charge >= 0.3 is 0 Å². The standard InChI is InChI=1S/C13H16N4S2/c1-8(2)12-15-13(19-16-12)17(3)10-6-4-5-9(7-10)11(14)18/h4-8H,1-3H3,(H2,14,18). The molecule has 0 unspecified atom stereocenters. The molecule has 2 aromatic rings. The highest BCUT2D eigenvalue weighted by Gasteiger charge is 2.13. The van der Waals surface area contributed by atoms with Gasteiger partial charge in [0.2, 0.25) is 5.13 Å². The molecule has 2 N–H and O–H groups in total. The average Bonchev–Trinajstić information content (AvgIpc) is 2.87. The zero-order chi connectivity index (χ0) is 14.0. The Morgan fingerprint density at radius 3 is 2.74 bits per heavy atom. The molecule has 0 spiro atoms. The van der Waals surface area contributed by atoms with Crippen molar-refractivity contribution in [2.24, 2.45) is 5.73 Å². The van der Waals surface area contributed by atoms with Crippen LogP contribution in [0.15, 0.2) is 24.3 Å². The third kappa shape index (κ3) is 3.08. The van der Waals surface area contributed by atoms with Crippen LogP contribution < -0.4 is 10.6 Å². The quantitative estimate of drug-likeness (QED) is 0.878. The van der Waals surface area contributed by atoms with Crippen molar-refractivity contribution in [2.45, 2.75) is 19.8 Å². The summed E-state index contributed by atoms with van der Waals surface area (Å²) in [7, 11) is 1.96. The Morgan fingerprint density at radius 1 is 1.42 bits per heavy atom. The lowest BCUT2D eigenvalue weighted by Crippen LogP contribution is -2.13. The fourth-order valence-electron chi connectivity index (χ4n) is 1.58. The van der Waals surface area contributed by atoms with Crippen LogP contribution in [0.4, 0.5) is 10.8 Å². The first-order valence-corrected chi connectivity index (χ1v) is 7.14. The predicted octanol–water partition coefficient (Wildman–Crippen LogP) is 3.06. The van der Waals surface area contributed by atoms with E-state index in [-0.39, 0.29) is 0 Å². The number of anilines is 2. The number of hydrogen-bond donors (Lipinski definition) is 1. The van der Waals surface area contributed by atoms with E-state index in [1.54, 1.807) is 0 Å². The van der Waals surface area contributed by atoms with Gasteiger partial charge in [-0.3, -0.25) is 0 Å². The van der Waals surface area contributed by atoms with E-state index in [0.29, 0.717) is 10.9 Å². The molecule has 2 rings (SSSR count). The largest absolute Gasteiger partial charge is 0.389 e. The molecule has 0 bridgehead atoms. The Bertz CT molecular complexity index is 592. The van der Waals surface area contributed by atoms with Gasteiger partial charge in [-0.2, -0.15) is 4.37 Å². The second-order valence-corrected chi connectivity index (χ2v) is 5.73. The Kier molecular flexibility index (Phi) is 4.11. The highest BCUT2D eigenvalue weighted by atomic mass is 32.1. The zero-order valence-electron chi connectivity index (χ0n) is 11.1. The van der Waals surface area contributed by atoms with Crippen LogP contribution in [0.2, 0.25) is 0 Å². The summed E-state index contributed by atoms with van der Waals surface area (Å²) in [5, 5.41) is 0.865. The van der Waals surface area contributed by atoms with Crippen LogP contribution in [0.25, 0.3) is 0 Å². The topological polar surface area (TPSA) is 55.0 Å². The molecule has 1 aromatic carbocycles. The highest BCUT2D eigenvalue weighted by Crippen LogP contribution is 2.27. The van der Waals surface area contributed by atoms with Gasteiger partial charge in [0, 0.05) is 35.7 Å². The fourth-order valence-corrected chi connectivity index (χ4v) is 2.49. The molecule has 100 valence electrons. The van der Waals surface area contributed by atoms with E-state index in [4.69, 9.17) is 18.0 Å². The van der Waals surface area contributed by atoms with Gasteiger partial charge in [0.1, 0.15) is 10.8 Å². The Labute approximate surface area is 122 Å². The lowest BCUT2D eigenvalue weighted by Gasteiger charge is -2.16. The van der Waals surface area contributed by atoms with Gasteiger partial charge in [-0.15, -0.1) is 0 Å². The lowest BCUT2D eigenvalue weighted by atomic mass is 10.2. The summed E-state index contributed by atoms with van der Waals surface area (Å²) >= 11 is 6.39. The number of hydrogen-bond acceptors (Lipinski definition) is 5. The lowest BCUT2D eigenvalue weighted by molar-refractivity contribution is 0.798. The molecule has 19 heavy (non-hydrogen) atoms. The van der Waals surface area contributed by atoms with Gasteiger partial charge in [-0.05, 0) is 12.1 Å². The molecule has 0 saturated carbocycles. The highest BCUT2D eigenvalue weighted by molar-refractivity contribution is 7.80. The van der Waals surface area contributed by atoms with Crippen molar-refractivity contribution < 1.29 is 0 Å². The van der Waals surface area contributed by atoms with Gasteiger partial charge in [-0.25, -0.2) is 4.98 Å². The van der Waals surface area contributed by atoms with Crippen LogP contribution in [-0.2, 0) is 0 Å². The van der Waals surface area contributed by atoms with E-state index >= 15 is 0 Å². The van der Waals surface area contributed by atoms with Crippen molar-refractivity contribution in [1.29, 1.82) is 0 Å². The first-order chi connectivity index (χ1) is 8.99. The van der Waals surface area contributed by atoms with Crippen molar-refractivity contribution >= 4 is 39.6 Å². The normalized spacial score (nSPS) is 10.7. The third-order valence-electron chi connectivity index (χ3n) is 2.75. The molecule has 0 aliphatic heterocycles. The number of thiocarbonyl (C=S) groups is 1. The first kappa shape index (κ1) is 13.9. The molecule has 0 fully saturated rings. The molecule has 1 aromatic heterocycles. The van der Waals surface area contributed by atoms with Gasteiger partial charge in [0.05, 0.1) is 0 Å². The fraction of sp³-hybridized carbons (Fsp3) is 0.308. The van der Waals surface area contributed by atoms with Crippen LogP contribution in [0.1, 0.15) is 31.2 Å². The van der Waals surface area contributed by atoms with E-state index in [0.717, 1.165) is 22.2 Å². The minimum atomic E-state index is 0.335. The summed E-state index contributed by atoms with van der Waals surface area (Å²) in [6.45, 7) is 4.17. The first-order valence-electron chi connectivity index (χ1n) is 5.96. The maximum absolute atomic E-state index is 5.65. The summed E-state index contributed by atoms with van der Waals surface area (Å²) < 4.78 is 4.36. The molecule has 6 heteroatoms. The summed E-state index contributed by atoms with van der Waals surface area (Å²) in [6, 6.07) is 7.79. The molecular formula is C13H16N4S2. The van der Waals surface area contributed by atoms with Crippen molar-refractivity contribution in [3.8, 4) is 0 Å². The van der Waals surface area contributed by atoms with Crippen LogP contribution in [0.3, 0.4) is 0 Å². The maximum Gasteiger partial charge on any atom is 0.209 e. The Balaban J connectivity index is 2.29. The number of benzene rings is 1. The average molecular weight is 292 g/mol. The summed E-state index contributed by atoms with van der Waals surface area (Å²) in [4.78, 5) is 6.92. The molecule has 0 saturated heterocycles. The van der Waals surface area contributed by atoms with Crippen molar-refractivity contribution in [3.63, 3.8) is 0 Å². The summed E-state index contributed by atoms with van der Waals surface area (Å²) in [5.41, 5.74) is 7.50. The second-order valence-electron chi connectivity index (χ2n) is 4.56. The summed E-state index contributed by atoms with van der Waals surface area (Å²) in [6.07, 6.45) is 0. The molecule has 0 radical (unpaired) electrons. The molecular weight excluding hydrogens is 276 g/mol. The number of rotatable bonds is 4. The van der Waals surface area contributed by atoms with Crippen LogP contribution >= 0.6 is 23.8 Å². The van der Waals surface area contributed by atoms with Crippen molar-refractivity contribution in [3.05, 3.63) is 35.7 Å². The molecule has 4 nitrogen and oxygen atoms in total. The molecule has 1 heterocycles. The van der Waals surface area contributed by atoms with E-state index in [1.807, 2.05) is 36.2 Å². The van der Waals surface area contributed by atoms with Gasteiger partial charge in [-0.1, -0.05) is 38.2 Å². The number of aromatic nitrogens is 2. The SMILES string of the molecule is CC(C)c1nsc(N(C)c2cccc(C(N)=S)c2)n1. The monoisotopic (exact) mass is 292 g/mol. The van der Waals surface area contributed by atoms with Crippen LogP contribution in [0, 0.1) is 0 Å². The summed E-state index contributed by atoms with van der Waals surface area (Å²) in [5.74, 6) is 1.21. The van der Waals surface area contributed by atoms with Gasteiger partial charge < -0.3 is 10.6 Å². The minimum absolute atomic E-state index is 0.335. The Morgan fingerprint density at radius 2 is 2.16 bits per heavy atom. The molecule has 0 atom stereocenters. The van der Waals surface area contributed by atoms with Crippen molar-refractivity contribution in [1.82, 2.24) is 9.36 Å². The van der Waals surface area contributed by atoms with E-state index in [9.17, 15) is 0 Å². The van der Waals surface area contributed by atoms with Gasteiger partial charge in [0.15, 0.2) is 0 Å². The smallest absolute Gasteiger partial charge is 0.209 e. The van der Waals surface area contributed by atoms with E-state index in [1.165, 1.54) is 11.5 Å². The minimum Gasteiger partial charge on any atom is -0.389 e. The molecule has 0 aliphatic rings. The van der Waals surface area contributed by atoms with Gasteiger partial charge in [0.25, 0.3) is 0 Å². The molecule has 0 aliphatic carbocycles. The van der Waals surface area contributed by atoms with Crippen LogP contribution in [0.5, 0.6) is 0 Å².